The average Bonchev–Trinajstić information content (AvgIpc) is 2.38. The zero-order chi connectivity index (χ0) is 14.8. The molecule has 0 saturated carbocycles. The highest BCUT2D eigenvalue weighted by Gasteiger charge is 2.29. The minimum atomic E-state index is -4.34. The van der Waals surface area contributed by atoms with Crippen LogP contribution in [0.1, 0.15) is 22.8 Å². The first-order valence-electron chi connectivity index (χ1n) is 5.91. The molecule has 0 bridgehead atoms. The first-order valence-corrected chi connectivity index (χ1v) is 5.91. The maximum absolute atomic E-state index is 12.4. The number of hydrogen-bond donors (Lipinski definition) is 1. The summed E-state index contributed by atoms with van der Waals surface area (Å²) in [4.78, 5) is 11.3. The zero-order valence-electron chi connectivity index (χ0n) is 10.7. The van der Waals surface area contributed by atoms with Crippen LogP contribution in [0.3, 0.4) is 0 Å². The number of alkyl halides is 3. The fraction of sp³-hybridized carbons (Fsp3) is 0.133. The zero-order valence-corrected chi connectivity index (χ0v) is 10.7. The highest BCUT2D eigenvalue weighted by molar-refractivity contribution is 5.95. The third-order valence-corrected chi connectivity index (χ3v) is 2.77. The van der Waals surface area contributed by atoms with Gasteiger partial charge in [0.25, 0.3) is 0 Å². The van der Waals surface area contributed by atoms with E-state index >= 15 is 0 Å². The highest BCUT2D eigenvalue weighted by atomic mass is 19.4. The molecular weight excluding hydrogens is 267 g/mol. The number of Topliss-reactive ketones (excluding diaryl/α,β-unsaturated/α-hetero) is 1. The van der Waals surface area contributed by atoms with Gasteiger partial charge in [-0.2, -0.15) is 13.2 Å². The van der Waals surface area contributed by atoms with Crippen molar-refractivity contribution in [3.05, 3.63) is 59.7 Å². The number of carbonyl (C=O) groups excluding carboxylic acids is 1. The quantitative estimate of drug-likeness (QED) is 0.828. The number of hydrogen-bond acceptors (Lipinski definition) is 2. The molecule has 1 N–H and O–H groups in total. The summed E-state index contributed by atoms with van der Waals surface area (Å²) < 4.78 is 37.3. The van der Waals surface area contributed by atoms with Gasteiger partial charge in [0.15, 0.2) is 5.78 Å². The van der Waals surface area contributed by atoms with E-state index in [1.807, 2.05) is 0 Å². The second-order valence-corrected chi connectivity index (χ2v) is 4.34. The van der Waals surface area contributed by atoms with Crippen LogP contribution in [0.25, 0.3) is 0 Å². The third-order valence-electron chi connectivity index (χ3n) is 2.77. The second kappa shape index (κ2) is 5.36. The van der Waals surface area contributed by atoms with Crippen molar-refractivity contribution in [1.82, 2.24) is 0 Å². The molecule has 0 aliphatic rings. The molecule has 0 aliphatic carbocycles. The fourth-order valence-corrected chi connectivity index (χ4v) is 1.73. The van der Waals surface area contributed by atoms with Crippen LogP contribution in [0.4, 0.5) is 24.5 Å². The van der Waals surface area contributed by atoms with Crippen LogP contribution in [0, 0.1) is 0 Å². The van der Waals surface area contributed by atoms with Crippen molar-refractivity contribution in [2.24, 2.45) is 0 Å². The lowest BCUT2D eigenvalue weighted by Crippen LogP contribution is -2.04. The minimum Gasteiger partial charge on any atom is -0.356 e. The first kappa shape index (κ1) is 14.1. The Labute approximate surface area is 114 Å². The van der Waals surface area contributed by atoms with E-state index in [4.69, 9.17) is 0 Å². The van der Waals surface area contributed by atoms with Crippen LogP contribution >= 0.6 is 0 Å². The van der Waals surface area contributed by atoms with Gasteiger partial charge >= 0.3 is 6.18 Å². The molecule has 2 aromatic rings. The lowest BCUT2D eigenvalue weighted by molar-refractivity contribution is -0.137. The van der Waals surface area contributed by atoms with Crippen molar-refractivity contribution in [3.8, 4) is 0 Å². The fourth-order valence-electron chi connectivity index (χ4n) is 1.73. The van der Waals surface area contributed by atoms with E-state index in [1.54, 1.807) is 24.3 Å². The van der Waals surface area contributed by atoms with Gasteiger partial charge in [0.05, 0.1) is 5.56 Å². The standard InChI is InChI=1S/C15H12F3NO/c1-10(20)11-3-2-4-14(9-11)19-13-7-5-12(6-8-13)15(16,17)18/h2-9,19H,1H3. The number of carbonyl (C=O) groups is 1. The Morgan fingerprint density at radius 2 is 1.65 bits per heavy atom. The van der Waals surface area contributed by atoms with Crippen molar-refractivity contribution in [1.29, 1.82) is 0 Å². The van der Waals surface area contributed by atoms with Crippen LogP contribution in [0.2, 0.25) is 0 Å². The van der Waals surface area contributed by atoms with Crippen molar-refractivity contribution in [2.75, 3.05) is 5.32 Å². The molecule has 0 spiro atoms. The number of rotatable bonds is 3. The number of nitrogens with one attached hydrogen (secondary N) is 1. The molecular formula is C15H12F3NO. The van der Waals surface area contributed by atoms with Crippen LogP contribution in [0.5, 0.6) is 0 Å². The largest absolute Gasteiger partial charge is 0.416 e. The number of anilines is 2. The second-order valence-electron chi connectivity index (χ2n) is 4.34. The lowest BCUT2D eigenvalue weighted by Gasteiger charge is -2.10. The Bertz CT molecular complexity index is 618. The van der Waals surface area contributed by atoms with Crippen molar-refractivity contribution >= 4 is 17.2 Å². The summed E-state index contributed by atoms with van der Waals surface area (Å²) in [7, 11) is 0. The topological polar surface area (TPSA) is 29.1 Å². The monoisotopic (exact) mass is 279 g/mol. The molecule has 0 aliphatic heterocycles. The van der Waals surface area contributed by atoms with E-state index in [2.05, 4.69) is 5.32 Å². The van der Waals surface area contributed by atoms with E-state index in [-0.39, 0.29) is 5.78 Å². The third kappa shape index (κ3) is 3.38. The van der Waals surface area contributed by atoms with Gasteiger partial charge in [0, 0.05) is 16.9 Å². The SMILES string of the molecule is CC(=O)c1cccc(Nc2ccc(C(F)(F)F)cc2)c1. The molecule has 0 amide bonds. The Balaban J connectivity index is 2.18. The molecule has 2 aromatic carbocycles. The normalized spacial score (nSPS) is 11.2. The molecule has 0 radical (unpaired) electrons. The molecule has 0 heterocycles. The molecule has 0 fully saturated rings. The minimum absolute atomic E-state index is 0.0685. The van der Waals surface area contributed by atoms with E-state index in [9.17, 15) is 18.0 Å². The van der Waals surface area contributed by atoms with Gasteiger partial charge in [-0.1, -0.05) is 12.1 Å². The molecule has 5 heteroatoms. The average molecular weight is 279 g/mol. The van der Waals surface area contributed by atoms with E-state index in [1.165, 1.54) is 19.1 Å². The van der Waals surface area contributed by atoms with Crippen molar-refractivity contribution in [3.63, 3.8) is 0 Å². The highest BCUT2D eigenvalue weighted by Crippen LogP contribution is 2.30. The molecule has 104 valence electrons. The summed E-state index contributed by atoms with van der Waals surface area (Å²) >= 11 is 0. The van der Waals surface area contributed by atoms with E-state index in [0.29, 0.717) is 16.9 Å². The summed E-state index contributed by atoms with van der Waals surface area (Å²) in [5, 5.41) is 2.96. The van der Waals surface area contributed by atoms with Gasteiger partial charge in [-0.15, -0.1) is 0 Å². The molecule has 0 aromatic heterocycles. The summed E-state index contributed by atoms with van der Waals surface area (Å²) in [6.07, 6.45) is -4.34. The molecule has 20 heavy (non-hydrogen) atoms. The number of benzene rings is 2. The molecule has 2 nitrogen and oxygen atoms in total. The Kier molecular flexibility index (Phi) is 3.79. The van der Waals surface area contributed by atoms with Crippen molar-refractivity contribution in [2.45, 2.75) is 13.1 Å². The van der Waals surface area contributed by atoms with Crippen LogP contribution in [0.15, 0.2) is 48.5 Å². The summed E-state index contributed by atoms with van der Waals surface area (Å²) in [6.45, 7) is 1.46. The van der Waals surface area contributed by atoms with Gasteiger partial charge in [-0.3, -0.25) is 4.79 Å². The maximum atomic E-state index is 12.4. The summed E-state index contributed by atoms with van der Waals surface area (Å²) in [6, 6.07) is 11.5. The van der Waals surface area contributed by atoms with Crippen molar-refractivity contribution < 1.29 is 18.0 Å². The molecule has 0 atom stereocenters. The van der Waals surface area contributed by atoms with Crippen LogP contribution in [-0.4, -0.2) is 5.78 Å². The summed E-state index contributed by atoms with van der Waals surface area (Å²) in [5.74, 6) is -0.0685. The van der Waals surface area contributed by atoms with E-state index in [0.717, 1.165) is 12.1 Å². The van der Waals surface area contributed by atoms with Gasteiger partial charge in [0.1, 0.15) is 0 Å². The maximum Gasteiger partial charge on any atom is 0.416 e. The van der Waals surface area contributed by atoms with Crippen LogP contribution in [-0.2, 0) is 6.18 Å². The number of halogens is 3. The number of ketones is 1. The molecule has 0 unspecified atom stereocenters. The lowest BCUT2D eigenvalue weighted by atomic mass is 10.1. The predicted molar refractivity (Wildman–Crippen MR) is 71.2 cm³/mol. The van der Waals surface area contributed by atoms with Gasteiger partial charge in [0.2, 0.25) is 0 Å². The van der Waals surface area contributed by atoms with Gasteiger partial charge in [-0.05, 0) is 43.3 Å². The molecule has 2 rings (SSSR count). The predicted octanol–water partition coefficient (Wildman–Crippen LogP) is 4.65. The van der Waals surface area contributed by atoms with Crippen LogP contribution < -0.4 is 5.32 Å². The summed E-state index contributed by atoms with van der Waals surface area (Å²) in [5.41, 5.74) is 1.03. The smallest absolute Gasteiger partial charge is 0.356 e. The van der Waals surface area contributed by atoms with E-state index < -0.39 is 11.7 Å². The first-order chi connectivity index (χ1) is 9.36. The molecule has 0 saturated heterocycles. The Morgan fingerprint density at radius 1 is 1.00 bits per heavy atom. The van der Waals surface area contributed by atoms with Gasteiger partial charge < -0.3 is 5.32 Å². The Morgan fingerprint density at radius 3 is 2.20 bits per heavy atom. The Hall–Kier alpha value is -2.30. The van der Waals surface area contributed by atoms with Gasteiger partial charge in [-0.25, -0.2) is 0 Å².